The molecular formula is C18H17NO3. The second-order valence-electron chi connectivity index (χ2n) is 5.80. The molecule has 0 bridgehead atoms. The van der Waals surface area contributed by atoms with Crippen molar-refractivity contribution in [2.24, 2.45) is 5.92 Å². The van der Waals surface area contributed by atoms with E-state index >= 15 is 0 Å². The molecule has 2 aromatic carbocycles. The van der Waals surface area contributed by atoms with E-state index in [1.165, 1.54) is 10.9 Å². The number of aromatic amines is 1. The van der Waals surface area contributed by atoms with Crippen molar-refractivity contribution in [2.45, 2.75) is 12.5 Å². The first-order valence-corrected chi connectivity index (χ1v) is 7.41. The van der Waals surface area contributed by atoms with Crippen LogP contribution in [-0.2, 0) is 6.42 Å². The van der Waals surface area contributed by atoms with Crippen molar-refractivity contribution in [1.82, 2.24) is 4.98 Å². The lowest BCUT2D eigenvalue weighted by atomic mass is 9.88. The number of hydrogen-bond donors (Lipinski definition) is 3. The summed E-state index contributed by atoms with van der Waals surface area (Å²) in [7, 11) is 0. The van der Waals surface area contributed by atoms with Gasteiger partial charge < -0.3 is 19.9 Å². The Morgan fingerprint density at radius 2 is 2.05 bits per heavy atom. The molecule has 4 heteroatoms. The summed E-state index contributed by atoms with van der Waals surface area (Å²) >= 11 is 0. The van der Waals surface area contributed by atoms with E-state index in [2.05, 4.69) is 11.1 Å². The van der Waals surface area contributed by atoms with Gasteiger partial charge >= 0.3 is 0 Å². The second-order valence-corrected chi connectivity index (χ2v) is 5.80. The Kier molecular flexibility index (Phi) is 3.05. The van der Waals surface area contributed by atoms with E-state index in [9.17, 15) is 10.2 Å². The molecule has 0 spiro atoms. The van der Waals surface area contributed by atoms with Crippen molar-refractivity contribution in [3.05, 3.63) is 59.8 Å². The monoisotopic (exact) mass is 295 g/mol. The van der Waals surface area contributed by atoms with Gasteiger partial charge in [-0.05, 0) is 36.2 Å². The first-order valence-electron chi connectivity index (χ1n) is 7.41. The van der Waals surface area contributed by atoms with E-state index in [0.29, 0.717) is 17.9 Å². The third kappa shape index (κ3) is 2.12. The number of fused-ring (bicyclic) bond motifs is 2. The molecule has 0 amide bonds. The minimum atomic E-state index is -0.635. The molecule has 0 aliphatic carbocycles. The standard InChI is InChI=1S/C18H17NO3/c20-13-5-6-17-15(8-13)18(21)12(10-22-17)7-11-9-19-16-4-2-1-3-14(11)16/h1-6,8-9,12,18-21H,7,10H2/t12-,18+/m0/s1. The third-order valence-electron chi connectivity index (χ3n) is 4.37. The maximum absolute atomic E-state index is 10.6. The number of ether oxygens (including phenoxy) is 1. The summed E-state index contributed by atoms with van der Waals surface area (Å²) in [5, 5.41) is 21.4. The van der Waals surface area contributed by atoms with E-state index in [-0.39, 0.29) is 11.7 Å². The van der Waals surface area contributed by atoms with E-state index < -0.39 is 6.10 Å². The fourth-order valence-corrected chi connectivity index (χ4v) is 3.19. The number of para-hydroxylation sites is 1. The number of hydrogen-bond acceptors (Lipinski definition) is 3. The molecule has 0 saturated heterocycles. The number of H-pyrrole nitrogens is 1. The van der Waals surface area contributed by atoms with E-state index in [1.54, 1.807) is 18.2 Å². The lowest BCUT2D eigenvalue weighted by molar-refractivity contribution is 0.0507. The number of phenols is 1. The predicted octanol–water partition coefficient (Wildman–Crippen LogP) is 3.16. The van der Waals surface area contributed by atoms with Crippen LogP contribution in [0.2, 0.25) is 0 Å². The Bertz CT molecular complexity index is 824. The first-order chi connectivity index (χ1) is 10.7. The molecule has 1 aliphatic rings. The fraction of sp³-hybridized carbons (Fsp3) is 0.222. The summed E-state index contributed by atoms with van der Waals surface area (Å²) in [6.45, 7) is 0.471. The van der Waals surface area contributed by atoms with Gasteiger partial charge in [0.25, 0.3) is 0 Å². The molecule has 0 radical (unpaired) electrons. The van der Waals surface area contributed by atoms with Gasteiger partial charge in [-0.25, -0.2) is 0 Å². The van der Waals surface area contributed by atoms with Crippen LogP contribution in [0.25, 0.3) is 10.9 Å². The topological polar surface area (TPSA) is 65.5 Å². The van der Waals surface area contributed by atoms with Crippen molar-refractivity contribution < 1.29 is 14.9 Å². The van der Waals surface area contributed by atoms with Crippen LogP contribution in [-0.4, -0.2) is 21.8 Å². The smallest absolute Gasteiger partial charge is 0.125 e. The summed E-state index contributed by atoms with van der Waals surface area (Å²) in [4.78, 5) is 3.26. The molecule has 4 rings (SSSR count). The zero-order valence-electron chi connectivity index (χ0n) is 12.0. The molecule has 1 aromatic heterocycles. The Balaban J connectivity index is 1.64. The quantitative estimate of drug-likeness (QED) is 0.680. The van der Waals surface area contributed by atoms with Gasteiger partial charge in [-0.3, -0.25) is 0 Å². The molecule has 0 saturated carbocycles. The summed E-state index contributed by atoms with van der Waals surface area (Å²) in [5.41, 5.74) is 2.93. The van der Waals surface area contributed by atoms with Crippen LogP contribution in [0, 0.1) is 5.92 Å². The third-order valence-corrected chi connectivity index (χ3v) is 4.37. The second kappa shape index (κ2) is 5.07. The van der Waals surface area contributed by atoms with Crippen LogP contribution in [0.4, 0.5) is 0 Å². The molecule has 22 heavy (non-hydrogen) atoms. The number of phenolic OH excluding ortho intramolecular Hbond substituents is 1. The fourth-order valence-electron chi connectivity index (χ4n) is 3.19. The van der Waals surface area contributed by atoms with Gasteiger partial charge in [0.2, 0.25) is 0 Å². The molecule has 0 unspecified atom stereocenters. The zero-order chi connectivity index (χ0) is 15.1. The molecule has 3 aromatic rings. The van der Waals surface area contributed by atoms with Crippen molar-refractivity contribution >= 4 is 10.9 Å². The van der Waals surface area contributed by atoms with Crippen LogP contribution in [0.1, 0.15) is 17.2 Å². The highest BCUT2D eigenvalue weighted by Gasteiger charge is 2.30. The highest BCUT2D eigenvalue weighted by atomic mass is 16.5. The normalized spacial score (nSPS) is 20.6. The van der Waals surface area contributed by atoms with E-state index in [1.807, 2.05) is 24.4 Å². The molecule has 0 fully saturated rings. The van der Waals surface area contributed by atoms with Crippen LogP contribution in [0.3, 0.4) is 0 Å². The zero-order valence-corrected chi connectivity index (χ0v) is 12.0. The van der Waals surface area contributed by atoms with Crippen LogP contribution in [0.5, 0.6) is 11.5 Å². The number of nitrogens with one attached hydrogen (secondary N) is 1. The molecular weight excluding hydrogens is 278 g/mol. The van der Waals surface area contributed by atoms with Gasteiger partial charge in [0.15, 0.2) is 0 Å². The Morgan fingerprint density at radius 1 is 1.18 bits per heavy atom. The summed E-state index contributed by atoms with van der Waals surface area (Å²) < 4.78 is 5.74. The number of rotatable bonds is 2. The number of aliphatic hydroxyl groups is 1. The average molecular weight is 295 g/mol. The maximum Gasteiger partial charge on any atom is 0.125 e. The lowest BCUT2D eigenvalue weighted by Crippen LogP contribution is -2.27. The van der Waals surface area contributed by atoms with Crippen molar-refractivity contribution in [3.8, 4) is 11.5 Å². The van der Waals surface area contributed by atoms with Gasteiger partial charge in [0, 0.05) is 28.6 Å². The van der Waals surface area contributed by atoms with Crippen molar-refractivity contribution in [3.63, 3.8) is 0 Å². The Labute approximate surface area is 128 Å². The van der Waals surface area contributed by atoms with Gasteiger partial charge in [-0.2, -0.15) is 0 Å². The van der Waals surface area contributed by atoms with Gasteiger partial charge in [-0.15, -0.1) is 0 Å². The van der Waals surface area contributed by atoms with E-state index in [0.717, 1.165) is 11.9 Å². The minimum absolute atomic E-state index is 0.0338. The van der Waals surface area contributed by atoms with Crippen LogP contribution >= 0.6 is 0 Å². The van der Waals surface area contributed by atoms with Gasteiger partial charge in [0.05, 0.1) is 12.7 Å². The summed E-state index contributed by atoms with van der Waals surface area (Å²) in [5.74, 6) is 0.767. The molecule has 112 valence electrons. The largest absolute Gasteiger partial charge is 0.508 e. The maximum atomic E-state index is 10.6. The van der Waals surface area contributed by atoms with Crippen molar-refractivity contribution in [1.29, 1.82) is 0 Å². The summed E-state index contributed by atoms with van der Waals surface area (Å²) in [6, 6.07) is 13.0. The van der Waals surface area contributed by atoms with Crippen molar-refractivity contribution in [2.75, 3.05) is 6.61 Å². The molecule has 4 nitrogen and oxygen atoms in total. The number of aromatic hydroxyl groups is 1. The van der Waals surface area contributed by atoms with Crippen LogP contribution in [0.15, 0.2) is 48.7 Å². The average Bonchev–Trinajstić information content (AvgIpc) is 2.94. The van der Waals surface area contributed by atoms with E-state index in [4.69, 9.17) is 4.74 Å². The minimum Gasteiger partial charge on any atom is -0.508 e. The SMILES string of the molecule is Oc1ccc2c(c1)[C@H](O)[C@@H](Cc1c[nH]c3ccccc13)CO2. The Morgan fingerprint density at radius 3 is 2.95 bits per heavy atom. The van der Waals surface area contributed by atoms with Gasteiger partial charge in [0.1, 0.15) is 11.5 Å². The van der Waals surface area contributed by atoms with Crippen LogP contribution < -0.4 is 4.74 Å². The number of benzene rings is 2. The highest BCUT2D eigenvalue weighted by molar-refractivity contribution is 5.83. The predicted molar refractivity (Wildman–Crippen MR) is 84.1 cm³/mol. The van der Waals surface area contributed by atoms with Gasteiger partial charge in [-0.1, -0.05) is 18.2 Å². The molecule has 3 N–H and O–H groups in total. The Hall–Kier alpha value is -2.46. The molecule has 2 atom stereocenters. The highest BCUT2D eigenvalue weighted by Crippen LogP contribution is 2.39. The number of aliphatic hydroxyl groups excluding tert-OH is 1. The first kappa shape index (κ1) is 13.2. The lowest BCUT2D eigenvalue weighted by Gasteiger charge is -2.30. The summed E-state index contributed by atoms with van der Waals surface area (Å²) in [6.07, 6.45) is 2.08. The molecule has 2 heterocycles. The molecule has 1 aliphatic heterocycles. The number of aromatic nitrogens is 1.